The summed E-state index contributed by atoms with van der Waals surface area (Å²) in [6.07, 6.45) is 0. The van der Waals surface area contributed by atoms with Crippen molar-refractivity contribution >= 4 is 16.9 Å². The quantitative estimate of drug-likeness (QED) is 0.549. The molecule has 0 saturated heterocycles. The van der Waals surface area contributed by atoms with Crippen molar-refractivity contribution in [3.8, 4) is 22.9 Å². The van der Waals surface area contributed by atoms with Gasteiger partial charge in [-0.05, 0) is 37.3 Å². The lowest BCUT2D eigenvalue weighted by Gasteiger charge is -2.08. The van der Waals surface area contributed by atoms with Gasteiger partial charge in [0.25, 0.3) is 0 Å². The van der Waals surface area contributed by atoms with Gasteiger partial charge in [-0.15, -0.1) is 0 Å². The minimum absolute atomic E-state index is 0.0117. The maximum atomic E-state index is 12.3. The number of nitrogens with one attached hydrogen (secondary N) is 1. The van der Waals surface area contributed by atoms with Crippen molar-refractivity contribution in [1.82, 2.24) is 30.5 Å². The van der Waals surface area contributed by atoms with Crippen LogP contribution in [0.1, 0.15) is 18.9 Å². The Bertz CT molecular complexity index is 1170. The monoisotopic (exact) mass is 392 g/mol. The molecular formula is C19H16N6O4. The van der Waals surface area contributed by atoms with Crippen molar-refractivity contribution in [1.29, 1.82) is 0 Å². The summed E-state index contributed by atoms with van der Waals surface area (Å²) >= 11 is 0. The average molecular weight is 392 g/mol. The molecule has 10 nitrogen and oxygen atoms in total. The van der Waals surface area contributed by atoms with Gasteiger partial charge in [0.15, 0.2) is 11.5 Å². The second-order valence-corrected chi connectivity index (χ2v) is 6.53. The lowest BCUT2D eigenvalue weighted by atomic mass is 10.2. The molecule has 29 heavy (non-hydrogen) atoms. The summed E-state index contributed by atoms with van der Waals surface area (Å²) in [5, 5.41) is 15.4. The fourth-order valence-corrected chi connectivity index (χ4v) is 3.02. The smallest absolute Gasteiger partial charge is 0.249 e. The van der Waals surface area contributed by atoms with E-state index in [1.165, 1.54) is 4.80 Å². The summed E-state index contributed by atoms with van der Waals surface area (Å²) in [4.78, 5) is 18.1. The highest BCUT2D eigenvalue weighted by atomic mass is 16.7. The van der Waals surface area contributed by atoms with Gasteiger partial charge >= 0.3 is 0 Å². The zero-order valence-corrected chi connectivity index (χ0v) is 15.4. The van der Waals surface area contributed by atoms with E-state index in [1.807, 2.05) is 30.3 Å². The molecule has 1 aliphatic heterocycles. The van der Waals surface area contributed by atoms with E-state index in [2.05, 4.69) is 25.7 Å². The fraction of sp³-hybridized carbons (Fsp3) is 0.211. The molecule has 146 valence electrons. The summed E-state index contributed by atoms with van der Waals surface area (Å²) in [7, 11) is 0. The molecule has 1 amide bonds. The minimum Gasteiger partial charge on any atom is -0.454 e. The Balaban J connectivity index is 1.26. The van der Waals surface area contributed by atoms with Crippen LogP contribution in [-0.2, 0) is 11.3 Å². The maximum Gasteiger partial charge on any atom is 0.249 e. The van der Waals surface area contributed by atoms with Crippen molar-refractivity contribution < 1.29 is 18.8 Å². The predicted octanol–water partition coefficient (Wildman–Crippen LogP) is 2.09. The number of fused-ring (bicyclic) bond motifs is 2. The molecule has 2 aromatic heterocycles. The molecule has 0 radical (unpaired) electrons. The van der Waals surface area contributed by atoms with Crippen LogP contribution >= 0.6 is 0 Å². The van der Waals surface area contributed by atoms with Gasteiger partial charge in [-0.2, -0.15) is 20.0 Å². The van der Waals surface area contributed by atoms with Gasteiger partial charge in [0, 0.05) is 5.56 Å². The molecule has 10 heteroatoms. The number of ether oxygens (including phenoxy) is 2. The second-order valence-electron chi connectivity index (χ2n) is 6.53. The van der Waals surface area contributed by atoms with Crippen molar-refractivity contribution in [2.45, 2.75) is 19.5 Å². The molecule has 0 fully saturated rings. The van der Waals surface area contributed by atoms with Crippen molar-refractivity contribution in [2.75, 3.05) is 6.79 Å². The van der Waals surface area contributed by atoms with Crippen molar-refractivity contribution in [2.24, 2.45) is 0 Å². The third kappa shape index (κ3) is 3.35. The highest BCUT2D eigenvalue weighted by Gasteiger charge is 2.20. The van der Waals surface area contributed by atoms with Crippen LogP contribution in [0.2, 0.25) is 0 Å². The molecule has 0 unspecified atom stereocenters. The Kier molecular flexibility index (Phi) is 4.08. The third-order valence-corrected chi connectivity index (χ3v) is 4.43. The number of nitrogens with zero attached hydrogens (tertiary/aromatic N) is 5. The number of aromatic nitrogens is 5. The topological polar surface area (TPSA) is 117 Å². The number of hydrogen-bond donors (Lipinski definition) is 1. The summed E-state index contributed by atoms with van der Waals surface area (Å²) in [6.45, 7) is 1.95. The largest absolute Gasteiger partial charge is 0.454 e. The molecular weight excluding hydrogens is 376 g/mol. The van der Waals surface area contributed by atoms with E-state index < -0.39 is 6.04 Å². The number of carbonyl (C=O) groups is 1. The van der Waals surface area contributed by atoms with Crippen LogP contribution in [-0.4, -0.2) is 37.8 Å². The van der Waals surface area contributed by atoms with Crippen LogP contribution in [0.5, 0.6) is 11.5 Å². The molecule has 1 atom stereocenters. The van der Waals surface area contributed by atoms with E-state index >= 15 is 0 Å². The van der Waals surface area contributed by atoms with Gasteiger partial charge in [-0.3, -0.25) is 4.79 Å². The molecule has 5 rings (SSSR count). The van der Waals surface area contributed by atoms with Crippen LogP contribution in [0.3, 0.4) is 0 Å². The molecule has 0 spiro atoms. The first-order valence-corrected chi connectivity index (χ1v) is 8.98. The lowest BCUT2D eigenvalue weighted by molar-refractivity contribution is -0.122. The predicted molar refractivity (Wildman–Crippen MR) is 99.9 cm³/mol. The van der Waals surface area contributed by atoms with E-state index in [4.69, 9.17) is 14.0 Å². The Morgan fingerprint density at radius 2 is 1.90 bits per heavy atom. The molecule has 0 aliphatic carbocycles. The van der Waals surface area contributed by atoms with E-state index in [0.717, 1.165) is 16.6 Å². The number of hydrogen-bond acceptors (Lipinski definition) is 8. The van der Waals surface area contributed by atoms with Crippen LogP contribution in [0.25, 0.3) is 22.4 Å². The molecule has 1 aliphatic rings. The first-order valence-electron chi connectivity index (χ1n) is 8.98. The fourth-order valence-electron chi connectivity index (χ4n) is 3.02. The maximum absolute atomic E-state index is 12.3. The molecule has 1 N–H and O–H groups in total. The number of rotatable bonds is 5. The summed E-state index contributed by atoms with van der Waals surface area (Å²) in [5.74, 6) is 1.75. The normalized spacial score (nSPS) is 13.6. The first kappa shape index (κ1) is 17.2. The van der Waals surface area contributed by atoms with E-state index in [0.29, 0.717) is 23.2 Å². The van der Waals surface area contributed by atoms with E-state index in [-0.39, 0.29) is 19.2 Å². The SMILES string of the molecule is C[C@H](NC(=O)Cn1nc2ccccc2n1)c1nc(-c2ccc3c(c2)OCO3)no1. The molecule has 0 bridgehead atoms. The Morgan fingerprint density at radius 1 is 1.14 bits per heavy atom. The molecule has 4 aromatic rings. The van der Waals surface area contributed by atoms with Crippen molar-refractivity contribution in [3.05, 3.63) is 48.4 Å². The highest BCUT2D eigenvalue weighted by molar-refractivity contribution is 5.77. The van der Waals surface area contributed by atoms with Gasteiger partial charge in [0.1, 0.15) is 23.6 Å². The zero-order chi connectivity index (χ0) is 19.8. The van der Waals surface area contributed by atoms with Crippen LogP contribution in [0, 0.1) is 0 Å². The Hall–Kier alpha value is -3.95. The van der Waals surface area contributed by atoms with Gasteiger partial charge in [-0.1, -0.05) is 17.3 Å². The minimum atomic E-state index is -0.470. The number of amides is 1. The van der Waals surface area contributed by atoms with E-state index in [1.54, 1.807) is 19.1 Å². The van der Waals surface area contributed by atoms with Crippen molar-refractivity contribution in [3.63, 3.8) is 0 Å². The zero-order valence-electron chi connectivity index (χ0n) is 15.4. The molecule has 0 saturated carbocycles. The molecule has 3 heterocycles. The molecule has 2 aromatic carbocycles. The summed E-state index contributed by atoms with van der Waals surface area (Å²) < 4.78 is 16.0. The third-order valence-electron chi connectivity index (χ3n) is 4.43. The standard InChI is InChI=1S/C19H16N6O4/c1-11(20-17(26)9-25-22-13-4-2-3-5-14(13)23-25)19-21-18(24-29-19)12-6-7-15-16(8-12)28-10-27-15/h2-8,11H,9-10H2,1H3,(H,20,26)/t11-/m0/s1. The van der Waals surface area contributed by atoms with Crippen LogP contribution in [0.15, 0.2) is 47.0 Å². The van der Waals surface area contributed by atoms with E-state index in [9.17, 15) is 4.79 Å². The van der Waals surface area contributed by atoms with Gasteiger partial charge in [0.05, 0.1) is 0 Å². The average Bonchev–Trinajstić information content (AvgIpc) is 3.45. The summed E-state index contributed by atoms with van der Waals surface area (Å²) in [5.41, 5.74) is 2.20. The first-order chi connectivity index (χ1) is 14.2. The van der Waals surface area contributed by atoms with Gasteiger partial charge in [0.2, 0.25) is 24.4 Å². The Morgan fingerprint density at radius 3 is 2.69 bits per heavy atom. The lowest BCUT2D eigenvalue weighted by Crippen LogP contribution is -2.31. The highest BCUT2D eigenvalue weighted by Crippen LogP contribution is 2.35. The number of carbonyl (C=O) groups excluding carboxylic acids is 1. The van der Waals surface area contributed by atoms with Crippen LogP contribution in [0.4, 0.5) is 0 Å². The summed E-state index contributed by atoms with van der Waals surface area (Å²) in [6, 6.07) is 12.4. The Labute approximate surface area is 164 Å². The number of benzene rings is 2. The second kappa shape index (κ2) is 6.89. The van der Waals surface area contributed by atoms with Gasteiger partial charge < -0.3 is 19.3 Å². The van der Waals surface area contributed by atoms with Gasteiger partial charge in [-0.25, -0.2) is 0 Å². The van der Waals surface area contributed by atoms with Crippen LogP contribution < -0.4 is 14.8 Å².